The number of rotatable bonds is 4. The Morgan fingerprint density at radius 1 is 1.12 bits per heavy atom. The maximum absolute atomic E-state index is 12.0. The number of amides is 1. The van der Waals surface area contributed by atoms with Gasteiger partial charge in [0.1, 0.15) is 11.4 Å². The first-order valence-corrected chi connectivity index (χ1v) is 8.18. The molecular formula is C17H18ClN3O3. The molecular weight excluding hydrogens is 330 g/mol. The number of hydrogen-bond donors (Lipinski definition) is 1. The zero-order valence-corrected chi connectivity index (χ0v) is 14.1. The first kappa shape index (κ1) is 16.5. The van der Waals surface area contributed by atoms with Gasteiger partial charge < -0.3 is 15.1 Å². The molecule has 2 aromatic carbocycles. The highest BCUT2D eigenvalue weighted by Crippen LogP contribution is 2.23. The van der Waals surface area contributed by atoms with Crippen LogP contribution in [0.25, 0.3) is 0 Å². The van der Waals surface area contributed by atoms with E-state index in [1.165, 1.54) is 6.92 Å². The summed E-state index contributed by atoms with van der Waals surface area (Å²) in [6.07, 6.45) is 0. The Kier molecular flexibility index (Phi) is 4.57. The van der Waals surface area contributed by atoms with Crippen LogP contribution in [0.3, 0.4) is 0 Å². The quantitative estimate of drug-likeness (QED) is 0.842. The first-order chi connectivity index (χ1) is 11.5. The molecule has 1 fully saturated rings. The fourth-order valence-corrected chi connectivity index (χ4v) is 3.12. The van der Waals surface area contributed by atoms with E-state index in [9.17, 15) is 14.4 Å². The van der Waals surface area contributed by atoms with E-state index in [4.69, 9.17) is 11.6 Å². The molecule has 0 spiro atoms. The van der Waals surface area contributed by atoms with Gasteiger partial charge in [-0.2, -0.15) is 0 Å². The van der Waals surface area contributed by atoms with Crippen molar-refractivity contribution in [3.05, 3.63) is 55.3 Å². The number of anilines is 2. The van der Waals surface area contributed by atoms with Gasteiger partial charge in [-0.05, 0) is 11.6 Å². The van der Waals surface area contributed by atoms with Gasteiger partial charge in [0, 0.05) is 44.7 Å². The van der Waals surface area contributed by atoms with Gasteiger partial charge in [0.25, 0.3) is 10.9 Å². The first-order valence-electron chi connectivity index (χ1n) is 7.80. The lowest BCUT2D eigenvalue weighted by Gasteiger charge is -2.36. The van der Waals surface area contributed by atoms with Gasteiger partial charge in [-0.25, -0.2) is 0 Å². The Bertz CT molecular complexity index is 834. The highest BCUT2D eigenvalue weighted by Gasteiger charge is 2.28. The molecule has 1 heterocycles. The zero-order chi connectivity index (χ0) is 17.3. The molecule has 0 radical (unpaired) electrons. The van der Waals surface area contributed by atoms with Crippen LogP contribution in [-0.2, 0) is 11.3 Å². The summed E-state index contributed by atoms with van der Waals surface area (Å²) in [4.78, 5) is 38.9. The van der Waals surface area contributed by atoms with E-state index in [0.29, 0.717) is 49.1 Å². The second-order valence-electron chi connectivity index (χ2n) is 5.82. The lowest BCUT2D eigenvalue weighted by molar-refractivity contribution is -0.129. The standard InChI is InChI=1S/C17H18ClN3O3/c1-11(22)20-6-8-21(9-7-20)15-14(16(23)17(15)24)19-10-12-4-2-3-5-13(12)18/h2-5,19H,6-10H2,1H3. The van der Waals surface area contributed by atoms with Crippen LogP contribution in [0, 0.1) is 0 Å². The summed E-state index contributed by atoms with van der Waals surface area (Å²) in [5.41, 5.74) is 0.671. The van der Waals surface area contributed by atoms with Gasteiger partial charge in [-0.1, -0.05) is 29.8 Å². The van der Waals surface area contributed by atoms with Crippen molar-refractivity contribution in [3.63, 3.8) is 0 Å². The molecule has 0 bridgehead atoms. The van der Waals surface area contributed by atoms with E-state index in [2.05, 4.69) is 5.32 Å². The Morgan fingerprint density at radius 3 is 2.42 bits per heavy atom. The summed E-state index contributed by atoms with van der Waals surface area (Å²) in [7, 11) is 0. The molecule has 1 amide bonds. The lowest BCUT2D eigenvalue weighted by Crippen LogP contribution is -2.52. The van der Waals surface area contributed by atoms with Crippen molar-refractivity contribution < 1.29 is 4.79 Å². The average molecular weight is 348 g/mol. The summed E-state index contributed by atoms with van der Waals surface area (Å²) in [5, 5.41) is 3.65. The molecule has 1 N–H and O–H groups in total. The fourth-order valence-electron chi connectivity index (χ4n) is 2.92. The summed E-state index contributed by atoms with van der Waals surface area (Å²) in [6, 6.07) is 7.35. The van der Waals surface area contributed by atoms with Gasteiger partial charge >= 0.3 is 0 Å². The molecule has 2 aromatic rings. The van der Waals surface area contributed by atoms with Gasteiger partial charge in [-0.15, -0.1) is 0 Å². The molecule has 0 aliphatic carbocycles. The van der Waals surface area contributed by atoms with Crippen molar-refractivity contribution >= 4 is 28.9 Å². The lowest BCUT2D eigenvalue weighted by atomic mass is 10.1. The third-order valence-electron chi connectivity index (χ3n) is 4.34. The molecule has 0 atom stereocenters. The van der Waals surface area contributed by atoms with E-state index in [0.717, 1.165) is 5.56 Å². The van der Waals surface area contributed by atoms with Crippen LogP contribution in [-0.4, -0.2) is 37.0 Å². The molecule has 3 rings (SSSR count). The molecule has 6 nitrogen and oxygen atoms in total. The van der Waals surface area contributed by atoms with Crippen LogP contribution in [0.4, 0.5) is 11.4 Å². The molecule has 126 valence electrons. The maximum Gasteiger partial charge on any atom is 0.253 e. The van der Waals surface area contributed by atoms with E-state index < -0.39 is 10.9 Å². The van der Waals surface area contributed by atoms with Crippen LogP contribution in [0.15, 0.2) is 33.9 Å². The number of carbonyl (C=O) groups is 1. The molecule has 24 heavy (non-hydrogen) atoms. The summed E-state index contributed by atoms with van der Waals surface area (Å²) in [5.74, 6) is 0.0247. The Balaban J connectivity index is 1.72. The largest absolute Gasteiger partial charge is 0.376 e. The zero-order valence-electron chi connectivity index (χ0n) is 13.3. The molecule has 1 aliphatic heterocycles. The number of benzene rings is 1. The maximum atomic E-state index is 12.0. The molecule has 7 heteroatoms. The average Bonchev–Trinajstić information content (AvgIpc) is 2.59. The summed E-state index contributed by atoms with van der Waals surface area (Å²) < 4.78 is 0. The van der Waals surface area contributed by atoms with Crippen LogP contribution >= 0.6 is 11.6 Å². The third kappa shape index (κ3) is 3.01. The van der Waals surface area contributed by atoms with Crippen molar-refractivity contribution in [1.29, 1.82) is 0 Å². The SMILES string of the molecule is CC(=O)N1CCN(c2c(NCc3ccccc3Cl)c(=O)c2=O)CC1. The number of halogens is 1. The number of nitrogens with one attached hydrogen (secondary N) is 1. The second-order valence-corrected chi connectivity index (χ2v) is 6.23. The predicted octanol–water partition coefficient (Wildman–Crippen LogP) is 1.22. The van der Waals surface area contributed by atoms with Gasteiger partial charge in [-0.3, -0.25) is 14.4 Å². The van der Waals surface area contributed by atoms with Crippen LogP contribution in [0.1, 0.15) is 12.5 Å². The third-order valence-corrected chi connectivity index (χ3v) is 4.71. The summed E-state index contributed by atoms with van der Waals surface area (Å²) >= 11 is 6.11. The van der Waals surface area contributed by atoms with Gasteiger partial charge in [0.2, 0.25) is 5.91 Å². The minimum atomic E-state index is -0.494. The smallest absolute Gasteiger partial charge is 0.253 e. The van der Waals surface area contributed by atoms with Crippen LogP contribution in [0.2, 0.25) is 5.02 Å². The minimum absolute atomic E-state index is 0.0247. The topological polar surface area (TPSA) is 69.7 Å². The van der Waals surface area contributed by atoms with E-state index >= 15 is 0 Å². The molecule has 1 aliphatic rings. The van der Waals surface area contributed by atoms with Crippen molar-refractivity contribution in [3.8, 4) is 0 Å². The minimum Gasteiger partial charge on any atom is -0.376 e. The molecule has 0 saturated carbocycles. The van der Waals surface area contributed by atoms with Crippen molar-refractivity contribution in [1.82, 2.24) is 4.90 Å². The highest BCUT2D eigenvalue weighted by molar-refractivity contribution is 6.31. The predicted molar refractivity (Wildman–Crippen MR) is 94.6 cm³/mol. The molecule has 0 unspecified atom stereocenters. The Hall–Kier alpha value is -2.34. The fraction of sp³-hybridized carbons (Fsp3) is 0.353. The highest BCUT2D eigenvalue weighted by atomic mass is 35.5. The van der Waals surface area contributed by atoms with E-state index in [1.807, 2.05) is 23.1 Å². The molecule has 1 saturated heterocycles. The van der Waals surface area contributed by atoms with Gasteiger partial charge in [0.15, 0.2) is 0 Å². The Morgan fingerprint density at radius 2 is 1.79 bits per heavy atom. The number of nitrogens with zero attached hydrogens (tertiary/aromatic N) is 2. The summed E-state index contributed by atoms with van der Waals surface area (Å²) in [6.45, 7) is 4.11. The monoisotopic (exact) mass is 347 g/mol. The van der Waals surface area contributed by atoms with Gasteiger partial charge in [0.05, 0.1) is 0 Å². The Labute approximate surface area is 144 Å². The molecule has 0 aromatic heterocycles. The van der Waals surface area contributed by atoms with E-state index in [-0.39, 0.29) is 5.91 Å². The number of piperazine rings is 1. The second kappa shape index (κ2) is 6.65. The van der Waals surface area contributed by atoms with Crippen LogP contribution in [0.5, 0.6) is 0 Å². The van der Waals surface area contributed by atoms with Crippen molar-refractivity contribution in [2.75, 3.05) is 36.4 Å². The number of carbonyl (C=O) groups excluding carboxylic acids is 1. The normalized spacial score (nSPS) is 14.9. The number of hydrogen-bond acceptors (Lipinski definition) is 5. The van der Waals surface area contributed by atoms with Crippen molar-refractivity contribution in [2.24, 2.45) is 0 Å². The van der Waals surface area contributed by atoms with E-state index in [1.54, 1.807) is 11.0 Å². The van der Waals surface area contributed by atoms with Crippen LogP contribution < -0.4 is 21.1 Å². The van der Waals surface area contributed by atoms with Crippen molar-refractivity contribution in [2.45, 2.75) is 13.5 Å².